The smallest absolute Gasteiger partial charge is 0.125 e. The zero-order valence-electron chi connectivity index (χ0n) is 11.4. The normalized spacial score (nSPS) is 15.6. The van der Waals surface area contributed by atoms with Crippen molar-refractivity contribution in [2.75, 3.05) is 13.7 Å². The van der Waals surface area contributed by atoms with E-state index in [1.807, 2.05) is 13.1 Å². The number of fused-ring (bicyclic) bond motifs is 1. The van der Waals surface area contributed by atoms with Crippen molar-refractivity contribution in [1.29, 1.82) is 0 Å². The van der Waals surface area contributed by atoms with E-state index in [2.05, 4.69) is 25.2 Å². The minimum Gasteiger partial charge on any atom is -0.493 e. The Morgan fingerprint density at radius 3 is 2.83 bits per heavy atom. The van der Waals surface area contributed by atoms with Gasteiger partial charge in [0, 0.05) is 17.5 Å². The van der Waals surface area contributed by atoms with Gasteiger partial charge in [-0.15, -0.1) is 0 Å². The summed E-state index contributed by atoms with van der Waals surface area (Å²) in [6.07, 6.45) is 3.13. The molecule has 0 aliphatic carbocycles. The number of likely N-dealkylation sites (N-methyl/N-ethyl adjacent to an activating group) is 1. The van der Waals surface area contributed by atoms with Crippen molar-refractivity contribution in [3.63, 3.8) is 0 Å². The predicted molar refractivity (Wildman–Crippen MR) is 76.7 cm³/mol. The van der Waals surface area contributed by atoms with E-state index < -0.39 is 0 Å². The number of hydrogen-bond acceptors (Lipinski definition) is 2. The van der Waals surface area contributed by atoms with Crippen LogP contribution >= 0.6 is 11.6 Å². The molecule has 0 amide bonds. The van der Waals surface area contributed by atoms with Gasteiger partial charge in [0.05, 0.1) is 6.61 Å². The summed E-state index contributed by atoms with van der Waals surface area (Å²) in [5.41, 5.74) is 2.51. The molecule has 0 spiro atoms. The Bertz CT molecular complexity index is 417. The van der Waals surface area contributed by atoms with Crippen molar-refractivity contribution in [3.8, 4) is 5.75 Å². The van der Waals surface area contributed by atoms with Gasteiger partial charge in [-0.1, -0.05) is 25.4 Å². The third-order valence-electron chi connectivity index (χ3n) is 3.46. The molecular weight excluding hydrogens is 246 g/mol. The van der Waals surface area contributed by atoms with E-state index in [-0.39, 0.29) is 0 Å². The SMILES string of the molecule is CNC(Cc1cc(Cl)cc2c1OCC2)CC(C)C. The van der Waals surface area contributed by atoms with Crippen molar-refractivity contribution < 1.29 is 4.74 Å². The first-order valence-electron chi connectivity index (χ1n) is 6.71. The molecule has 1 aromatic carbocycles. The van der Waals surface area contributed by atoms with Crippen LogP contribution in [0.5, 0.6) is 5.75 Å². The van der Waals surface area contributed by atoms with Gasteiger partial charge >= 0.3 is 0 Å². The van der Waals surface area contributed by atoms with Crippen LogP contribution in [-0.2, 0) is 12.8 Å². The summed E-state index contributed by atoms with van der Waals surface area (Å²) in [4.78, 5) is 0. The van der Waals surface area contributed by atoms with E-state index in [0.29, 0.717) is 12.0 Å². The average Bonchev–Trinajstić information content (AvgIpc) is 2.75. The molecule has 1 unspecified atom stereocenters. The maximum atomic E-state index is 6.18. The van der Waals surface area contributed by atoms with Gasteiger partial charge in [-0.2, -0.15) is 0 Å². The molecule has 1 N–H and O–H groups in total. The van der Waals surface area contributed by atoms with Crippen molar-refractivity contribution >= 4 is 11.6 Å². The highest BCUT2D eigenvalue weighted by Crippen LogP contribution is 2.33. The van der Waals surface area contributed by atoms with Gasteiger partial charge < -0.3 is 10.1 Å². The Labute approximate surface area is 115 Å². The fourth-order valence-corrected chi connectivity index (χ4v) is 2.90. The van der Waals surface area contributed by atoms with E-state index in [1.54, 1.807) is 0 Å². The van der Waals surface area contributed by atoms with Crippen LogP contribution in [0.15, 0.2) is 12.1 Å². The van der Waals surface area contributed by atoms with Gasteiger partial charge in [0.1, 0.15) is 5.75 Å². The monoisotopic (exact) mass is 267 g/mol. The summed E-state index contributed by atoms with van der Waals surface area (Å²) >= 11 is 6.18. The van der Waals surface area contributed by atoms with Gasteiger partial charge in [-0.25, -0.2) is 0 Å². The van der Waals surface area contributed by atoms with Crippen LogP contribution in [-0.4, -0.2) is 19.7 Å². The molecule has 0 bridgehead atoms. The lowest BCUT2D eigenvalue weighted by Crippen LogP contribution is -2.29. The van der Waals surface area contributed by atoms with Crippen molar-refractivity contribution in [2.45, 2.75) is 39.2 Å². The second kappa shape index (κ2) is 5.94. The van der Waals surface area contributed by atoms with Gasteiger partial charge in [0.25, 0.3) is 0 Å². The maximum Gasteiger partial charge on any atom is 0.125 e. The minimum atomic E-state index is 0.483. The fraction of sp³-hybridized carbons (Fsp3) is 0.600. The quantitative estimate of drug-likeness (QED) is 0.882. The van der Waals surface area contributed by atoms with Crippen molar-refractivity contribution in [2.24, 2.45) is 5.92 Å². The first-order valence-corrected chi connectivity index (χ1v) is 7.09. The summed E-state index contributed by atoms with van der Waals surface area (Å²) in [5.74, 6) is 1.76. The van der Waals surface area contributed by atoms with Crippen LogP contribution in [0.25, 0.3) is 0 Å². The topological polar surface area (TPSA) is 21.3 Å². The molecular formula is C15H22ClNO. The third-order valence-corrected chi connectivity index (χ3v) is 3.67. The first kappa shape index (κ1) is 13.7. The van der Waals surface area contributed by atoms with E-state index in [9.17, 15) is 0 Å². The highest BCUT2D eigenvalue weighted by molar-refractivity contribution is 6.30. The molecule has 100 valence electrons. The Hall–Kier alpha value is -0.730. The number of rotatable bonds is 5. The Morgan fingerprint density at radius 1 is 1.39 bits per heavy atom. The molecule has 1 aliphatic rings. The van der Waals surface area contributed by atoms with Crippen molar-refractivity contribution in [1.82, 2.24) is 5.32 Å². The van der Waals surface area contributed by atoms with Gasteiger partial charge in [-0.05, 0) is 49.1 Å². The Morgan fingerprint density at radius 2 is 2.17 bits per heavy atom. The molecule has 3 heteroatoms. The molecule has 2 rings (SSSR count). The molecule has 1 aromatic rings. The maximum absolute atomic E-state index is 6.18. The van der Waals surface area contributed by atoms with E-state index >= 15 is 0 Å². The standard InChI is InChI=1S/C15H22ClNO/c1-10(2)6-14(17-3)9-12-8-13(16)7-11-4-5-18-15(11)12/h7-8,10,14,17H,4-6,9H2,1-3H3. The molecule has 0 aromatic heterocycles. The van der Waals surface area contributed by atoms with E-state index in [0.717, 1.165) is 36.6 Å². The van der Waals surface area contributed by atoms with Crippen molar-refractivity contribution in [3.05, 3.63) is 28.3 Å². The number of benzene rings is 1. The summed E-state index contributed by atoms with van der Waals surface area (Å²) in [6, 6.07) is 4.57. The minimum absolute atomic E-state index is 0.483. The lowest BCUT2D eigenvalue weighted by Gasteiger charge is -2.20. The third kappa shape index (κ3) is 3.18. The van der Waals surface area contributed by atoms with E-state index in [4.69, 9.17) is 16.3 Å². The largest absolute Gasteiger partial charge is 0.493 e. The average molecular weight is 268 g/mol. The second-order valence-corrected chi connectivity index (χ2v) is 5.91. The first-order chi connectivity index (χ1) is 8.60. The Balaban J connectivity index is 2.18. The van der Waals surface area contributed by atoms with Crippen LogP contribution in [0.2, 0.25) is 5.02 Å². The number of nitrogens with one attached hydrogen (secondary N) is 1. The second-order valence-electron chi connectivity index (χ2n) is 5.47. The van der Waals surface area contributed by atoms with Crippen LogP contribution in [0.3, 0.4) is 0 Å². The molecule has 1 aliphatic heterocycles. The molecule has 2 nitrogen and oxygen atoms in total. The van der Waals surface area contributed by atoms with Crippen LogP contribution < -0.4 is 10.1 Å². The van der Waals surface area contributed by atoms with Gasteiger partial charge in [0.15, 0.2) is 0 Å². The van der Waals surface area contributed by atoms with Gasteiger partial charge in [-0.3, -0.25) is 0 Å². The lowest BCUT2D eigenvalue weighted by molar-refractivity contribution is 0.350. The predicted octanol–water partition coefficient (Wildman–Crippen LogP) is 3.45. The summed E-state index contributed by atoms with van der Waals surface area (Å²) in [6.45, 7) is 5.30. The molecule has 18 heavy (non-hydrogen) atoms. The zero-order valence-corrected chi connectivity index (χ0v) is 12.2. The van der Waals surface area contributed by atoms with Crippen LogP contribution in [0, 0.1) is 5.92 Å². The van der Waals surface area contributed by atoms with Gasteiger partial charge in [0.2, 0.25) is 0 Å². The number of hydrogen-bond donors (Lipinski definition) is 1. The molecule has 0 radical (unpaired) electrons. The lowest BCUT2D eigenvalue weighted by atomic mass is 9.95. The van der Waals surface area contributed by atoms with Crippen LogP contribution in [0.1, 0.15) is 31.4 Å². The number of halogens is 1. The summed E-state index contributed by atoms with van der Waals surface area (Å²) < 4.78 is 5.75. The van der Waals surface area contributed by atoms with E-state index in [1.165, 1.54) is 11.1 Å². The summed E-state index contributed by atoms with van der Waals surface area (Å²) in [5, 5.41) is 4.22. The number of ether oxygens (including phenoxy) is 1. The molecule has 0 fully saturated rings. The van der Waals surface area contributed by atoms with Crippen LogP contribution in [0.4, 0.5) is 0 Å². The molecule has 0 saturated heterocycles. The molecule has 1 atom stereocenters. The highest BCUT2D eigenvalue weighted by Gasteiger charge is 2.20. The molecule has 0 saturated carbocycles. The highest BCUT2D eigenvalue weighted by atomic mass is 35.5. The Kier molecular flexibility index (Phi) is 4.52. The summed E-state index contributed by atoms with van der Waals surface area (Å²) in [7, 11) is 2.03. The molecule has 1 heterocycles. The zero-order chi connectivity index (χ0) is 13.1. The fourth-order valence-electron chi connectivity index (χ4n) is 2.64.